The third-order valence-corrected chi connectivity index (χ3v) is 6.53. The van der Waals surface area contributed by atoms with Gasteiger partial charge < -0.3 is 19.7 Å². The number of fused-ring (bicyclic) bond motifs is 1. The van der Waals surface area contributed by atoms with E-state index in [2.05, 4.69) is 6.92 Å². The fourth-order valence-electron chi connectivity index (χ4n) is 4.85. The average Bonchev–Trinajstić information content (AvgIpc) is 2.85. The largest absolute Gasteiger partial charge is 0.481 e. The number of hydrogen-bond acceptors (Lipinski definition) is 4. The van der Waals surface area contributed by atoms with Crippen LogP contribution in [-0.4, -0.2) is 35.2 Å². The molecule has 1 saturated carbocycles. The van der Waals surface area contributed by atoms with Crippen molar-refractivity contribution in [2.45, 2.75) is 64.8 Å². The van der Waals surface area contributed by atoms with Gasteiger partial charge in [0.2, 0.25) is 0 Å². The number of aliphatic hydroxyl groups is 1. The Morgan fingerprint density at radius 3 is 2.86 bits per heavy atom. The summed E-state index contributed by atoms with van der Waals surface area (Å²) >= 11 is 0. The Kier molecular flexibility index (Phi) is 6.94. The normalized spacial score (nSPS) is 30.0. The molecular weight excluding hydrogens is 363 g/mol. The predicted octanol–water partition coefficient (Wildman–Crippen LogP) is 4.02. The van der Waals surface area contributed by atoms with E-state index in [-0.39, 0.29) is 23.3 Å². The van der Waals surface area contributed by atoms with Crippen LogP contribution in [0.5, 0.6) is 5.75 Å². The molecule has 2 fully saturated rings. The summed E-state index contributed by atoms with van der Waals surface area (Å²) in [6.07, 6.45) is 4.49. The van der Waals surface area contributed by atoms with Gasteiger partial charge in [-0.3, -0.25) is 4.79 Å². The molecule has 2 unspecified atom stereocenters. The van der Waals surface area contributed by atoms with Crippen molar-refractivity contribution < 1.29 is 28.9 Å². The highest BCUT2D eigenvalue weighted by Crippen LogP contribution is 2.44. The quantitative estimate of drug-likeness (QED) is 0.713. The number of carbonyl (C=O) groups is 1. The lowest BCUT2D eigenvalue weighted by atomic mass is 9.66. The first-order valence-corrected chi connectivity index (χ1v) is 10.3. The van der Waals surface area contributed by atoms with Crippen molar-refractivity contribution in [3.8, 4) is 5.75 Å². The van der Waals surface area contributed by atoms with Crippen LogP contribution in [0.25, 0.3) is 0 Å². The second kappa shape index (κ2) is 9.23. The Labute approximate surface area is 165 Å². The molecule has 2 aliphatic rings. The first kappa shape index (κ1) is 21.1. The fourth-order valence-corrected chi connectivity index (χ4v) is 4.85. The van der Waals surface area contributed by atoms with Crippen molar-refractivity contribution in [2.24, 2.45) is 23.7 Å². The summed E-state index contributed by atoms with van der Waals surface area (Å²) in [4.78, 5) is 10.9. The molecule has 1 aliphatic heterocycles. The van der Waals surface area contributed by atoms with Crippen LogP contribution in [0.4, 0.5) is 4.39 Å². The zero-order valence-electron chi connectivity index (χ0n) is 16.6. The standard InChI is InChI=1S/C22H31FO5/c1-13-6-7-15-4-3-5-18(19(15)12-27-13)14(2)22(26)28-17-8-9-20(23)16(10-17)11-21(24)25/h8-10,13-15,18-19,22,26H,3-7,11-12H2,1-2H3,(H,24,25)/t13?,14-,15-,18+,19?,22-/m1/s1. The van der Waals surface area contributed by atoms with Gasteiger partial charge in [-0.2, -0.15) is 0 Å². The molecule has 1 aliphatic carbocycles. The van der Waals surface area contributed by atoms with Crippen molar-refractivity contribution in [2.75, 3.05) is 6.61 Å². The maximum atomic E-state index is 13.8. The molecule has 1 aromatic carbocycles. The van der Waals surface area contributed by atoms with Crippen LogP contribution in [0, 0.1) is 29.5 Å². The van der Waals surface area contributed by atoms with Crippen LogP contribution < -0.4 is 4.74 Å². The Hall–Kier alpha value is -1.66. The second-order valence-electron chi connectivity index (χ2n) is 8.43. The fraction of sp³-hybridized carbons (Fsp3) is 0.682. The van der Waals surface area contributed by atoms with Gasteiger partial charge in [0.1, 0.15) is 11.6 Å². The van der Waals surface area contributed by atoms with Gasteiger partial charge in [0.25, 0.3) is 0 Å². The number of hydrogen-bond donors (Lipinski definition) is 2. The molecule has 0 radical (unpaired) electrons. The highest BCUT2D eigenvalue weighted by Gasteiger charge is 2.40. The molecule has 6 atom stereocenters. The molecule has 0 amide bonds. The zero-order valence-corrected chi connectivity index (χ0v) is 16.6. The summed E-state index contributed by atoms with van der Waals surface area (Å²) in [5.41, 5.74) is 0.0498. The van der Waals surface area contributed by atoms with Crippen molar-refractivity contribution in [3.63, 3.8) is 0 Å². The van der Waals surface area contributed by atoms with E-state index in [1.165, 1.54) is 31.0 Å². The molecule has 0 aromatic heterocycles. The van der Waals surface area contributed by atoms with Crippen LogP contribution in [0.3, 0.4) is 0 Å². The number of carboxylic acid groups (broad SMARTS) is 1. The maximum Gasteiger partial charge on any atom is 0.307 e. The molecule has 0 bridgehead atoms. The number of carboxylic acids is 1. The van der Waals surface area contributed by atoms with E-state index in [1.54, 1.807) is 0 Å². The second-order valence-corrected chi connectivity index (χ2v) is 8.43. The van der Waals surface area contributed by atoms with Crippen LogP contribution >= 0.6 is 0 Å². The van der Waals surface area contributed by atoms with Crippen molar-refractivity contribution >= 4 is 5.97 Å². The van der Waals surface area contributed by atoms with E-state index in [9.17, 15) is 14.3 Å². The number of aliphatic carboxylic acids is 1. The predicted molar refractivity (Wildman–Crippen MR) is 103 cm³/mol. The molecule has 156 valence electrons. The van der Waals surface area contributed by atoms with Crippen LogP contribution in [0.1, 0.15) is 51.5 Å². The molecule has 1 saturated heterocycles. The first-order valence-electron chi connectivity index (χ1n) is 10.3. The lowest BCUT2D eigenvalue weighted by Crippen LogP contribution is -2.40. The van der Waals surface area contributed by atoms with Gasteiger partial charge in [-0.15, -0.1) is 0 Å². The minimum Gasteiger partial charge on any atom is -0.481 e. The Morgan fingerprint density at radius 1 is 1.32 bits per heavy atom. The minimum absolute atomic E-state index is 0.0498. The van der Waals surface area contributed by atoms with E-state index < -0.39 is 24.5 Å². The number of halogens is 1. The molecular formula is C22H31FO5. The number of rotatable bonds is 6. The van der Waals surface area contributed by atoms with Crippen molar-refractivity contribution in [1.29, 1.82) is 0 Å². The van der Waals surface area contributed by atoms with E-state index in [1.807, 2.05) is 6.92 Å². The van der Waals surface area contributed by atoms with E-state index in [4.69, 9.17) is 14.6 Å². The molecule has 3 rings (SSSR count). The molecule has 6 heteroatoms. The monoisotopic (exact) mass is 394 g/mol. The van der Waals surface area contributed by atoms with E-state index in [0.29, 0.717) is 17.8 Å². The topological polar surface area (TPSA) is 76.0 Å². The van der Waals surface area contributed by atoms with Crippen molar-refractivity contribution in [1.82, 2.24) is 0 Å². The highest BCUT2D eigenvalue weighted by atomic mass is 19.1. The molecule has 0 spiro atoms. The Balaban J connectivity index is 1.68. The molecule has 5 nitrogen and oxygen atoms in total. The molecule has 1 heterocycles. The molecule has 2 N–H and O–H groups in total. The van der Waals surface area contributed by atoms with Gasteiger partial charge in [0, 0.05) is 11.5 Å². The summed E-state index contributed by atoms with van der Waals surface area (Å²) < 4.78 is 25.5. The minimum atomic E-state index is -1.11. The molecule has 28 heavy (non-hydrogen) atoms. The summed E-state index contributed by atoms with van der Waals surface area (Å²) in [5, 5.41) is 19.6. The Bertz CT molecular complexity index is 679. The first-order chi connectivity index (χ1) is 13.3. The average molecular weight is 394 g/mol. The van der Waals surface area contributed by atoms with Gasteiger partial charge in [-0.05, 0) is 62.1 Å². The number of aliphatic hydroxyl groups excluding tert-OH is 1. The van der Waals surface area contributed by atoms with Gasteiger partial charge in [-0.1, -0.05) is 19.8 Å². The van der Waals surface area contributed by atoms with Crippen LogP contribution in [0.15, 0.2) is 18.2 Å². The van der Waals surface area contributed by atoms with E-state index in [0.717, 1.165) is 25.9 Å². The van der Waals surface area contributed by atoms with Gasteiger partial charge in [0.05, 0.1) is 19.1 Å². The van der Waals surface area contributed by atoms with Crippen molar-refractivity contribution in [3.05, 3.63) is 29.6 Å². The summed E-state index contributed by atoms with van der Waals surface area (Å²) in [7, 11) is 0. The zero-order chi connectivity index (χ0) is 20.3. The summed E-state index contributed by atoms with van der Waals surface area (Å²) in [5.74, 6) is -0.155. The Morgan fingerprint density at radius 2 is 2.11 bits per heavy atom. The van der Waals surface area contributed by atoms with Gasteiger partial charge >= 0.3 is 5.97 Å². The number of benzene rings is 1. The van der Waals surface area contributed by atoms with Gasteiger partial charge in [-0.25, -0.2) is 4.39 Å². The number of ether oxygens (including phenoxy) is 2. The van der Waals surface area contributed by atoms with Gasteiger partial charge in [0.15, 0.2) is 6.29 Å². The lowest BCUT2D eigenvalue weighted by molar-refractivity contribution is -0.136. The third kappa shape index (κ3) is 5.03. The smallest absolute Gasteiger partial charge is 0.307 e. The lowest BCUT2D eigenvalue weighted by Gasteiger charge is -2.41. The third-order valence-electron chi connectivity index (χ3n) is 6.53. The van der Waals surface area contributed by atoms with Crippen LogP contribution in [-0.2, 0) is 16.0 Å². The SMILES string of the molecule is CC1CC[C@H]2CCC[C@@H]([C@@H](C)[C@H](O)Oc3ccc(F)c(CC(=O)O)c3)C2CO1. The molecule has 1 aromatic rings. The summed E-state index contributed by atoms with van der Waals surface area (Å²) in [6.45, 7) is 4.84. The van der Waals surface area contributed by atoms with Crippen LogP contribution in [0.2, 0.25) is 0 Å². The van der Waals surface area contributed by atoms with E-state index >= 15 is 0 Å². The summed E-state index contributed by atoms with van der Waals surface area (Å²) in [6, 6.07) is 3.97. The maximum absolute atomic E-state index is 13.8. The highest BCUT2D eigenvalue weighted by molar-refractivity contribution is 5.70.